The van der Waals surface area contributed by atoms with Crippen LogP contribution < -0.4 is 9.62 Å². The van der Waals surface area contributed by atoms with Crippen LogP contribution >= 0.6 is 23.2 Å². The number of nitrogens with zero attached hydrogens (tertiary/aromatic N) is 1. The summed E-state index contributed by atoms with van der Waals surface area (Å²) in [5, 5.41) is 0.535. The summed E-state index contributed by atoms with van der Waals surface area (Å²) in [5.41, 5.74) is 1.48. The molecule has 1 N–H and O–H groups in total. The van der Waals surface area contributed by atoms with E-state index in [1.165, 1.54) is 24.6 Å². The zero-order valence-corrected chi connectivity index (χ0v) is 15.3. The van der Waals surface area contributed by atoms with Gasteiger partial charge in [0.2, 0.25) is 0 Å². The van der Waals surface area contributed by atoms with Gasteiger partial charge in [-0.1, -0.05) is 35.3 Å². The molecular formula is C17H18Cl2N2O2S. The summed E-state index contributed by atoms with van der Waals surface area (Å²) in [5.74, 6) is 0. The smallest absolute Gasteiger partial charge is 0.262 e. The molecule has 2 aromatic carbocycles. The van der Waals surface area contributed by atoms with E-state index in [1.54, 1.807) is 6.07 Å². The van der Waals surface area contributed by atoms with Gasteiger partial charge in [0.25, 0.3) is 10.0 Å². The molecule has 0 radical (unpaired) electrons. The second-order valence-electron chi connectivity index (χ2n) is 5.75. The van der Waals surface area contributed by atoms with Crippen molar-refractivity contribution < 1.29 is 8.42 Å². The van der Waals surface area contributed by atoms with Gasteiger partial charge in [0.05, 0.1) is 26.3 Å². The molecule has 0 atom stereocenters. The highest BCUT2D eigenvalue weighted by Crippen LogP contribution is 2.31. The quantitative estimate of drug-likeness (QED) is 0.824. The molecule has 1 fully saturated rings. The Morgan fingerprint density at radius 1 is 0.917 bits per heavy atom. The van der Waals surface area contributed by atoms with Crippen molar-refractivity contribution in [2.24, 2.45) is 0 Å². The van der Waals surface area contributed by atoms with Crippen molar-refractivity contribution in [2.45, 2.75) is 24.2 Å². The number of piperidine rings is 1. The van der Waals surface area contributed by atoms with Crippen molar-refractivity contribution in [1.29, 1.82) is 0 Å². The third-order valence-electron chi connectivity index (χ3n) is 4.05. The maximum atomic E-state index is 12.7. The van der Waals surface area contributed by atoms with Crippen LogP contribution in [-0.4, -0.2) is 21.5 Å². The number of hydrogen-bond donors (Lipinski definition) is 1. The summed E-state index contributed by atoms with van der Waals surface area (Å²) < 4.78 is 28.0. The van der Waals surface area contributed by atoms with E-state index in [0.717, 1.165) is 31.6 Å². The van der Waals surface area contributed by atoms with Crippen LogP contribution in [-0.2, 0) is 10.0 Å². The van der Waals surface area contributed by atoms with Crippen molar-refractivity contribution in [3.8, 4) is 0 Å². The number of halogens is 2. The third kappa shape index (κ3) is 3.79. The van der Waals surface area contributed by atoms with Gasteiger partial charge >= 0.3 is 0 Å². The number of benzene rings is 2. The van der Waals surface area contributed by atoms with Gasteiger partial charge in [0, 0.05) is 13.1 Å². The van der Waals surface area contributed by atoms with Crippen LogP contribution in [0.4, 0.5) is 11.4 Å². The van der Waals surface area contributed by atoms with Crippen LogP contribution in [0.25, 0.3) is 0 Å². The summed E-state index contributed by atoms with van der Waals surface area (Å²) >= 11 is 11.8. The van der Waals surface area contributed by atoms with E-state index in [1.807, 2.05) is 18.2 Å². The number of sulfonamides is 1. The molecule has 3 rings (SSSR count). The second-order valence-corrected chi connectivity index (χ2v) is 8.24. The van der Waals surface area contributed by atoms with Crippen LogP contribution in [0.15, 0.2) is 47.4 Å². The van der Waals surface area contributed by atoms with Gasteiger partial charge in [-0.3, -0.25) is 4.72 Å². The molecule has 0 unspecified atom stereocenters. The van der Waals surface area contributed by atoms with Crippen LogP contribution in [0.5, 0.6) is 0 Å². The molecule has 0 saturated carbocycles. The monoisotopic (exact) mass is 384 g/mol. The summed E-state index contributed by atoms with van der Waals surface area (Å²) in [6.07, 6.45) is 3.45. The summed E-state index contributed by atoms with van der Waals surface area (Å²) in [6.45, 7) is 1.87. The highest BCUT2D eigenvalue weighted by Gasteiger charge is 2.20. The summed E-state index contributed by atoms with van der Waals surface area (Å²) in [6, 6.07) is 11.7. The van der Waals surface area contributed by atoms with Gasteiger partial charge in [-0.15, -0.1) is 0 Å². The van der Waals surface area contributed by atoms with Crippen molar-refractivity contribution in [1.82, 2.24) is 0 Å². The van der Waals surface area contributed by atoms with E-state index >= 15 is 0 Å². The molecule has 128 valence electrons. The van der Waals surface area contributed by atoms with E-state index < -0.39 is 10.0 Å². The van der Waals surface area contributed by atoms with E-state index in [4.69, 9.17) is 23.2 Å². The first-order valence-electron chi connectivity index (χ1n) is 7.79. The molecule has 0 aliphatic carbocycles. The van der Waals surface area contributed by atoms with Gasteiger partial charge in [-0.25, -0.2) is 8.42 Å². The van der Waals surface area contributed by atoms with Gasteiger partial charge in [-0.2, -0.15) is 0 Å². The largest absolute Gasteiger partial charge is 0.370 e. The van der Waals surface area contributed by atoms with E-state index in [-0.39, 0.29) is 9.92 Å². The Morgan fingerprint density at radius 2 is 1.62 bits per heavy atom. The Balaban J connectivity index is 1.91. The first-order chi connectivity index (χ1) is 11.5. The Hall–Kier alpha value is -1.43. The number of nitrogens with one attached hydrogen (secondary N) is 1. The van der Waals surface area contributed by atoms with Crippen LogP contribution in [0.2, 0.25) is 10.0 Å². The molecule has 1 aliphatic rings. The zero-order valence-electron chi connectivity index (χ0n) is 13.0. The lowest BCUT2D eigenvalue weighted by Gasteiger charge is -2.30. The standard InChI is InChI=1S/C17H18Cl2N2O2S/c18-14-9-8-13(12-15(14)19)24(22,23)20-16-6-2-3-7-17(16)21-10-4-1-5-11-21/h2-3,6-9,12,20H,1,4-5,10-11H2. The fourth-order valence-electron chi connectivity index (χ4n) is 2.82. The van der Waals surface area contributed by atoms with Gasteiger partial charge in [0.15, 0.2) is 0 Å². The average Bonchev–Trinajstić information content (AvgIpc) is 2.58. The van der Waals surface area contributed by atoms with E-state index in [9.17, 15) is 8.42 Å². The predicted molar refractivity (Wildman–Crippen MR) is 99.8 cm³/mol. The lowest BCUT2D eigenvalue weighted by atomic mass is 10.1. The predicted octanol–water partition coefficient (Wildman–Crippen LogP) is 4.78. The third-order valence-corrected chi connectivity index (χ3v) is 6.15. The first-order valence-corrected chi connectivity index (χ1v) is 10.0. The average molecular weight is 385 g/mol. The molecule has 1 aliphatic heterocycles. The number of hydrogen-bond acceptors (Lipinski definition) is 3. The molecule has 24 heavy (non-hydrogen) atoms. The Bertz CT molecular complexity index is 834. The van der Waals surface area contributed by atoms with Crippen LogP contribution in [0.1, 0.15) is 19.3 Å². The number of anilines is 2. The van der Waals surface area contributed by atoms with Crippen LogP contribution in [0, 0.1) is 0 Å². The van der Waals surface area contributed by atoms with Crippen molar-refractivity contribution in [2.75, 3.05) is 22.7 Å². The lowest BCUT2D eigenvalue weighted by molar-refractivity contribution is 0.578. The highest BCUT2D eigenvalue weighted by molar-refractivity contribution is 7.92. The Labute approximate surface area is 152 Å². The Morgan fingerprint density at radius 3 is 2.33 bits per heavy atom. The fourth-order valence-corrected chi connectivity index (χ4v) is 4.28. The number of para-hydroxylation sites is 2. The molecule has 1 saturated heterocycles. The number of rotatable bonds is 4. The molecule has 0 amide bonds. The van der Waals surface area contributed by atoms with Crippen molar-refractivity contribution >= 4 is 44.6 Å². The maximum Gasteiger partial charge on any atom is 0.262 e. The summed E-state index contributed by atoms with van der Waals surface area (Å²) in [7, 11) is -3.73. The molecule has 7 heteroatoms. The minimum Gasteiger partial charge on any atom is -0.370 e. The first kappa shape index (κ1) is 17.4. The molecule has 0 bridgehead atoms. The normalized spacial score (nSPS) is 15.3. The molecule has 4 nitrogen and oxygen atoms in total. The fraction of sp³-hybridized carbons (Fsp3) is 0.294. The maximum absolute atomic E-state index is 12.7. The lowest BCUT2D eigenvalue weighted by Crippen LogP contribution is -2.30. The topological polar surface area (TPSA) is 49.4 Å². The van der Waals surface area contributed by atoms with Crippen molar-refractivity contribution in [3.05, 3.63) is 52.5 Å². The SMILES string of the molecule is O=S(=O)(Nc1ccccc1N1CCCCC1)c1ccc(Cl)c(Cl)c1. The molecule has 1 heterocycles. The molecule has 2 aromatic rings. The van der Waals surface area contributed by atoms with E-state index in [0.29, 0.717) is 10.7 Å². The van der Waals surface area contributed by atoms with Gasteiger partial charge in [0.1, 0.15) is 0 Å². The summed E-state index contributed by atoms with van der Waals surface area (Å²) in [4.78, 5) is 2.31. The zero-order chi connectivity index (χ0) is 17.2. The Kier molecular flexibility index (Phi) is 5.23. The minimum absolute atomic E-state index is 0.0883. The second kappa shape index (κ2) is 7.21. The molecular weight excluding hydrogens is 367 g/mol. The minimum atomic E-state index is -3.73. The van der Waals surface area contributed by atoms with Gasteiger partial charge in [-0.05, 0) is 49.6 Å². The van der Waals surface area contributed by atoms with Gasteiger partial charge < -0.3 is 4.90 Å². The molecule has 0 aromatic heterocycles. The van der Waals surface area contributed by atoms with Crippen LogP contribution in [0.3, 0.4) is 0 Å². The molecule has 0 spiro atoms. The highest BCUT2D eigenvalue weighted by atomic mass is 35.5. The van der Waals surface area contributed by atoms with E-state index in [2.05, 4.69) is 9.62 Å². The van der Waals surface area contributed by atoms with Crippen molar-refractivity contribution in [3.63, 3.8) is 0 Å².